The summed E-state index contributed by atoms with van der Waals surface area (Å²) < 4.78 is 17.4. The van der Waals surface area contributed by atoms with E-state index in [1.807, 2.05) is 0 Å². The highest BCUT2D eigenvalue weighted by atomic mass is 16.5. The van der Waals surface area contributed by atoms with Gasteiger partial charge in [0.25, 0.3) is 0 Å². The number of nitrogens with one attached hydrogen (secondary N) is 1. The molecule has 0 spiro atoms. The van der Waals surface area contributed by atoms with Gasteiger partial charge in [0.1, 0.15) is 12.2 Å². The minimum Gasteiger partial charge on any atom is -0.493 e. The lowest BCUT2D eigenvalue weighted by molar-refractivity contribution is -0.139. The van der Waals surface area contributed by atoms with Gasteiger partial charge in [-0.1, -0.05) is 6.42 Å². The zero-order chi connectivity index (χ0) is 30.1. The average Bonchev–Trinajstić information content (AvgIpc) is 3.76. The molecule has 0 radical (unpaired) electrons. The number of hydrogen-bond donors (Lipinski definition) is 4. The summed E-state index contributed by atoms with van der Waals surface area (Å²) in [6.45, 7) is 3.52. The van der Waals surface area contributed by atoms with Crippen LogP contribution in [0, 0.1) is 17.8 Å². The number of carbonyl (C=O) groups is 2. The fourth-order valence-corrected chi connectivity index (χ4v) is 8.10. The maximum absolute atomic E-state index is 14.2. The second-order valence-electron chi connectivity index (χ2n) is 12.7. The van der Waals surface area contributed by atoms with Gasteiger partial charge in [0.15, 0.2) is 11.5 Å². The van der Waals surface area contributed by atoms with E-state index in [4.69, 9.17) is 14.2 Å². The van der Waals surface area contributed by atoms with E-state index in [9.17, 15) is 24.9 Å². The van der Waals surface area contributed by atoms with Crippen LogP contribution in [0.5, 0.6) is 11.5 Å². The highest BCUT2D eigenvalue weighted by Gasteiger charge is 2.52. The van der Waals surface area contributed by atoms with Gasteiger partial charge in [-0.05, 0) is 60.8 Å². The molecule has 1 saturated heterocycles. The van der Waals surface area contributed by atoms with Gasteiger partial charge in [-0.25, -0.2) is 0 Å². The van der Waals surface area contributed by atoms with Crippen LogP contribution in [0.15, 0.2) is 23.8 Å². The van der Waals surface area contributed by atoms with E-state index in [0.29, 0.717) is 72.8 Å². The van der Waals surface area contributed by atoms with Gasteiger partial charge in [-0.2, -0.15) is 0 Å². The van der Waals surface area contributed by atoms with Crippen molar-refractivity contribution in [3.63, 3.8) is 0 Å². The minimum absolute atomic E-state index is 0.00432. The third-order valence-corrected chi connectivity index (χ3v) is 10.3. The second kappa shape index (κ2) is 13.1. The number of rotatable bonds is 11. The molecule has 3 fully saturated rings. The Bertz CT molecular complexity index is 1220. The fraction of sp³-hybridized carbons (Fsp3) is 0.688. The summed E-state index contributed by atoms with van der Waals surface area (Å²) in [6, 6.07) is 2.68. The quantitative estimate of drug-likeness (QED) is 0.291. The lowest BCUT2D eigenvalue weighted by Gasteiger charge is -2.42. The molecule has 5 aliphatic rings. The van der Waals surface area contributed by atoms with E-state index in [-0.39, 0.29) is 31.6 Å². The van der Waals surface area contributed by atoms with Crippen molar-refractivity contribution >= 4 is 11.8 Å². The first-order chi connectivity index (χ1) is 20.9. The molecule has 3 aliphatic carbocycles. The van der Waals surface area contributed by atoms with E-state index in [2.05, 4.69) is 10.2 Å². The molecule has 2 bridgehead atoms. The molecular formula is C32H45N3O8. The number of methoxy groups -OCH3 is 1. The summed E-state index contributed by atoms with van der Waals surface area (Å²) in [5, 5.41) is 34.0. The summed E-state index contributed by atoms with van der Waals surface area (Å²) in [4.78, 5) is 31.8. The maximum atomic E-state index is 14.2. The first-order valence-corrected chi connectivity index (χ1v) is 15.8. The van der Waals surface area contributed by atoms with Crippen molar-refractivity contribution in [2.75, 3.05) is 59.7 Å². The zero-order valence-electron chi connectivity index (χ0n) is 25.0. The van der Waals surface area contributed by atoms with Gasteiger partial charge in [-0.15, -0.1) is 0 Å². The SMILES string of the molecule is COc1cc(CO)cc2c1O[C@@H]1[C@@H](O)[C@H](N(CCN3CCOCC3)C(=O)CC3CC4CCC3C4)C=C(C(=O)NCCO)[C@H]21. The van der Waals surface area contributed by atoms with Crippen molar-refractivity contribution in [1.29, 1.82) is 0 Å². The predicted octanol–water partition coefficient (Wildman–Crippen LogP) is 0.797. The van der Waals surface area contributed by atoms with Crippen molar-refractivity contribution in [2.24, 2.45) is 17.8 Å². The number of benzene rings is 1. The third kappa shape index (κ3) is 6.02. The number of carbonyl (C=O) groups excluding carboxylic acids is 2. The molecule has 2 heterocycles. The minimum atomic E-state index is -1.11. The van der Waals surface area contributed by atoms with Crippen LogP contribution in [0.3, 0.4) is 0 Å². The summed E-state index contributed by atoms with van der Waals surface area (Å²) >= 11 is 0. The lowest BCUT2D eigenvalue weighted by atomic mass is 9.77. The molecule has 6 rings (SSSR count). The summed E-state index contributed by atoms with van der Waals surface area (Å²) in [6.07, 6.45) is 4.96. The van der Waals surface area contributed by atoms with Crippen LogP contribution in [0.25, 0.3) is 0 Å². The van der Waals surface area contributed by atoms with Crippen LogP contribution in [-0.2, 0) is 20.9 Å². The maximum Gasteiger partial charge on any atom is 0.247 e. The van der Waals surface area contributed by atoms with E-state index >= 15 is 0 Å². The third-order valence-electron chi connectivity index (χ3n) is 10.3. The molecular weight excluding hydrogens is 554 g/mol. The molecule has 11 heteroatoms. The summed E-state index contributed by atoms with van der Waals surface area (Å²) in [5.74, 6) is 1.46. The zero-order valence-corrected chi connectivity index (χ0v) is 25.0. The van der Waals surface area contributed by atoms with Gasteiger partial charge < -0.3 is 39.7 Å². The standard InChI is InChI=1S/C32H45N3O8/c1-41-26-15-20(18-37)14-23-28-24(32(40)33-4-9-36)17-25(29(39)31(28)43-30(23)26)35(6-5-34-7-10-42-11-8-34)27(38)16-22-13-19-2-3-21(22)12-19/h14-15,17,19,21-22,25,28-29,31,36-37,39H,2-13,16,18H2,1H3,(H,33,40)/t19?,21?,22?,25-,28+,29+,31+/m1/s1. The Kier molecular flexibility index (Phi) is 9.25. The molecule has 0 aromatic heterocycles. The van der Waals surface area contributed by atoms with Crippen LogP contribution in [-0.4, -0.2) is 115 Å². The predicted molar refractivity (Wildman–Crippen MR) is 157 cm³/mol. The van der Waals surface area contributed by atoms with Crippen LogP contribution in [0.4, 0.5) is 0 Å². The average molecular weight is 600 g/mol. The van der Waals surface area contributed by atoms with Crippen LogP contribution >= 0.6 is 0 Å². The van der Waals surface area contributed by atoms with E-state index in [1.165, 1.54) is 26.4 Å². The monoisotopic (exact) mass is 599 g/mol. The highest BCUT2D eigenvalue weighted by molar-refractivity contribution is 5.96. The molecule has 2 amide bonds. The second-order valence-corrected chi connectivity index (χ2v) is 12.7. The Hall–Kier alpha value is -2.70. The topological polar surface area (TPSA) is 141 Å². The van der Waals surface area contributed by atoms with Crippen LogP contribution < -0.4 is 14.8 Å². The first-order valence-electron chi connectivity index (χ1n) is 15.8. The number of nitrogens with zero attached hydrogens (tertiary/aromatic N) is 2. The number of amides is 2. The van der Waals surface area contributed by atoms with Crippen molar-refractivity contribution in [3.05, 3.63) is 34.9 Å². The Morgan fingerprint density at radius 2 is 1.98 bits per heavy atom. The molecule has 1 aromatic rings. The number of aliphatic hydroxyl groups is 3. The van der Waals surface area contributed by atoms with Crippen LogP contribution in [0.2, 0.25) is 0 Å². The van der Waals surface area contributed by atoms with Crippen molar-refractivity contribution in [2.45, 2.75) is 62.9 Å². The van der Waals surface area contributed by atoms with Gasteiger partial charge in [0.2, 0.25) is 11.8 Å². The van der Waals surface area contributed by atoms with Gasteiger partial charge >= 0.3 is 0 Å². The molecule has 43 heavy (non-hydrogen) atoms. The molecule has 236 valence electrons. The number of fused-ring (bicyclic) bond motifs is 5. The molecule has 4 N–H and O–H groups in total. The van der Waals surface area contributed by atoms with E-state index in [0.717, 1.165) is 25.4 Å². The van der Waals surface area contributed by atoms with E-state index < -0.39 is 24.2 Å². The number of hydrogen-bond acceptors (Lipinski definition) is 9. The Morgan fingerprint density at radius 3 is 2.65 bits per heavy atom. The number of aliphatic hydroxyl groups excluding tert-OH is 3. The molecule has 2 saturated carbocycles. The Morgan fingerprint density at radius 1 is 1.16 bits per heavy atom. The van der Waals surface area contributed by atoms with Crippen molar-refractivity contribution in [3.8, 4) is 11.5 Å². The van der Waals surface area contributed by atoms with Gasteiger partial charge in [0.05, 0.1) is 45.5 Å². The molecule has 2 aliphatic heterocycles. The van der Waals surface area contributed by atoms with Crippen LogP contribution in [0.1, 0.15) is 49.1 Å². The van der Waals surface area contributed by atoms with Gasteiger partial charge in [-0.3, -0.25) is 14.5 Å². The Labute approximate surface area is 252 Å². The fourth-order valence-electron chi connectivity index (χ4n) is 8.10. The van der Waals surface area contributed by atoms with Crippen molar-refractivity contribution in [1.82, 2.24) is 15.1 Å². The molecule has 11 nitrogen and oxygen atoms in total. The summed E-state index contributed by atoms with van der Waals surface area (Å²) in [5.41, 5.74) is 1.61. The van der Waals surface area contributed by atoms with Gasteiger partial charge in [0, 0.05) is 50.3 Å². The highest BCUT2D eigenvalue weighted by Crippen LogP contribution is 2.52. The Balaban J connectivity index is 1.34. The largest absolute Gasteiger partial charge is 0.493 e. The number of ether oxygens (including phenoxy) is 3. The lowest BCUT2D eigenvalue weighted by Crippen LogP contribution is -2.57. The van der Waals surface area contributed by atoms with E-state index in [1.54, 1.807) is 23.1 Å². The molecule has 3 unspecified atom stereocenters. The molecule has 1 aromatic carbocycles. The van der Waals surface area contributed by atoms with Crippen molar-refractivity contribution < 1.29 is 39.1 Å². The first kappa shape index (κ1) is 30.3. The normalized spacial score (nSPS) is 31.2. The number of morpholine rings is 1. The smallest absolute Gasteiger partial charge is 0.247 e. The molecule has 7 atom stereocenters. The summed E-state index contributed by atoms with van der Waals surface area (Å²) in [7, 11) is 1.51.